The van der Waals surface area contributed by atoms with Crippen LogP contribution in [0.5, 0.6) is 0 Å². The van der Waals surface area contributed by atoms with Crippen molar-refractivity contribution in [3.8, 4) is 0 Å². The Morgan fingerprint density at radius 1 is 0.949 bits per heavy atom. The van der Waals surface area contributed by atoms with Gasteiger partial charge in [-0.05, 0) is 42.5 Å². The Kier molecular flexibility index (Phi) is 8.66. The van der Waals surface area contributed by atoms with E-state index in [1.54, 1.807) is 6.07 Å². The van der Waals surface area contributed by atoms with Gasteiger partial charge in [0.15, 0.2) is 5.11 Å². The summed E-state index contributed by atoms with van der Waals surface area (Å²) in [6, 6.07) is 11.9. The minimum Gasteiger partial charge on any atom is -0.378 e. The third kappa shape index (κ3) is 7.01. The monoisotopic (exact) mass is 554 g/mol. The smallest absolute Gasteiger partial charge is 0.270 e. The minimum absolute atomic E-state index is 0.0847. The molecule has 4 rings (SSSR count). The van der Waals surface area contributed by atoms with Gasteiger partial charge in [0.05, 0.1) is 29.4 Å². The Hall–Kier alpha value is -3.77. The lowest BCUT2D eigenvalue weighted by molar-refractivity contribution is -0.384. The van der Waals surface area contributed by atoms with Gasteiger partial charge in [0.1, 0.15) is 0 Å². The summed E-state index contributed by atoms with van der Waals surface area (Å²) in [5, 5.41) is 17.1. The van der Waals surface area contributed by atoms with Crippen molar-refractivity contribution >= 4 is 51.9 Å². The van der Waals surface area contributed by atoms with E-state index in [0.717, 1.165) is 18.8 Å². The molecular weight excluding hydrogens is 520 g/mol. The summed E-state index contributed by atoms with van der Waals surface area (Å²) in [5.74, 6) is -0.364. The lowest BCUT2D eigenvalue weighted by Crippen LogP contribution is -2.51. The second-order valence-corrected chi connectivity index (χ2v) is 11.0. The van der Waals surface area contributed by atoms with Gasteiger partial charge >= 0.3 is 0 Å². The van der Waals surface area contributed by atoms with E-state index >= 15 is 0 Å². The quantitative estimate of drug-likeness (QED) is 0.326. The van der Waals surface area contributed by atoms with Crippen molar-refractivity contribution in [2.75, 3.05) is 67.6 Å². The Labute approximate surface area is 233 Å². The van der Waals surface area contributed by atoms with Crippen molar-refractivity contribution in [3.63, 3.8) is 0 Å². The molecule has 0 atom stereocenters. The number of rotatable bonds is 5. The number of nitro groups is 1. The van der Waals surface area contributed by atoms with Crippen molar-refractivity contribution in [2.24, 2.45) is 5.41 Å². The third-order valence-electron chi connectivity index (χ3n) is 6.71. The van der Waals surface area contributed by atoms with Crippen LogP contribution in [0.15, 0.2) is 42.5 Å². The second kappa shape index (κ2) is 12.0. The first-order chi connectivity index (χ1) is 18.5. The van der Waals surface area contributed by atoms with Crippen molar-refractivity contribution in [1.29, 1.82) is 0 Å². The molecule has 0 saturated carbocycles. The number of nitrogens with one attached hydrogen (secondary N) is 2. The molecule has 2 saturated heterocycles. The van der Waals surface area contributed by atoms with Crippen LogP contribution in [0.4, 0.5) is 22.7 Å². The third-order valence-corrected chi connectivity index (χ3v) is 6.92. The molecular formula is C27H34N6O5S. The van der Waals surface area contributed by atoms with E-state index in [1.807, 2.05) is 54.8 Å². The van der Waals surface area contributed by atoms with Crippen LogP contribution in [0, 0.1) is 15.5 Å². The van der Waals surface area contributed by atoms with Crippen molar-refractivity contribution < 1.29 is 19.2 Å². The van der Waals surface area contributed by atoms with E-state index < -0.39 is 10.8 Å². The van der Waals surface area contributed by atoms with Crippen LogP contribution in [0.1, 0.15) is 31.1 Å². The zero-order chi connectivity index (χ0) is 28.2. The van der Waals surface area contributed by atoms with Gasteiger partial charge in [0, 0.05) is 68.2 Å². The number of morpholine rings is 1. The van der Waals surface area contributed by atoms with Gasteiger partial charge in [-0.15, -0.1) is 0 Å². The normalized spacial score (nSPS) is 16.0. The molecule has 2 heterocycles. The topological polar surface area (TPSA) is 120 Å². The summed E-state index contributed by atoms with van der Waals surface area (Å²) >= 11 is 5.36. The molecule has 2 N–H and O–H groups in total. The first-order valence-electron chi connectivity index (χ1n) is 12.9. The van der Waals surface area contributed by atoms with Crippen LogP contribution in [-0.2, 0) is 9.53 Å². The van der Waals surface area contributed by atoms with E-state index in [-0.39, 0.29) is 27.7 Å². The predicted molar refractivity (Wildman–Crippen MR) is 155 cm³/mol. The molecule has 0 aliphatic carbocycles. The molecule has 0 aromatic heterocycles. The minimum atomic E-state index is -0.531. The molecule has 2 aliphatic rings. The summed E-state index contributed by atoms with van der Waals surface area (Å²) in [5.41, 5.74) is 1.94. The number of nitro benzene ring substituents is 1. The maximum atomic E-state index is 13.1. The van der Waals surface area contributed by atoms with E-state index in [1.165, 1.54) is 12.1 Å². The summed E-state index contributed by atoms with van der Waals surface area (Å²) in [7, 11) is 0. The zero-order valence-corrected chi connectivity index (χ0v) is 23.3. The molecule has 208 valence electrons. The SMILES string of the molecule is CC(C)(C)C(=O)N1CCN(c2ccc(NC(=S)NC(=O)c3cc([N+](=O)[O-])ccc3N3CCOCC3)cc2)CC1. The predicted octanol–water partition coefficient (Wildman–Crippen LogP) is 3.25. The van der Waals surface area contributed by atoms with Gasteiger partial charge in [-0.3, -0.25) is 25.0 Å². The highest BCUT2D eigenvalue weighted by Gasteiger charge is 2.29. The first kappa shape index (κ1) is 28.2. The molecule has 12 heteroatoms. The number of carbonyl (C=O) groups is 2. The van der Waals surface area contributed by atoms with Gasteiger partial charge in [-0.1, -0.05) is 20.8 Å². The second-order valence-electron chi connectivity index (χ2n) is 10.5. The summed E-state index contributed by atoms with van der Waals surface area (Å²) in [6.07, 6.45) is 0. The molecule has 2 aromatic carbocycles. The van der Waals surface area contributed by atoms with Gasteiger partial charge in [-0.2, -0.15) is 0 Å². The van der Waals surface area contributed by atoms with Crippen LogP contribution in [-0.4, -0.2) is 79.2 Å². The number of thiocarbonyl (C=S) groups is 1. The number of nitrogens with zero attached hydrogens (tertiary/aromatic N) is 4. The molecule has 2 fully saturated rings. The van der Waals surface area contributed by atoms with Crippen molar-refractivity contribution in [2.45, 2.75) is 20.8 Å². The van der Waals surface area contributed by atoms with E-state index in [4.69, 9.17) is 17.0 Å². The molecule has 2 aliphatic heterocycles. The average Bonchev–Trinajstić information content (AvgIpc) is 2.92. The van der Waals surface area contributed by atoms with E-state index in [2.05, 4.69) is 15.5 Å². The van der Waals surface area contributed by atoms with Crippen LogP contribution in [0.3, 0.4) is 0 Å². The van der Waals surface area contributed by atoms with Gasteiger partial charge in [0.25, 0.3) is 11.6 Å². The van der Waals surface area contributed by atoms with Crippen molar-refractivity contribution in [3.05, 3.63) is 58.1 Å². The zero-order valence-electron chi connectivity index (χ0n) is 22.4. The number of hydrogen-bond donors (Lipinski definition) is 2. The number of carbonyl (C=O) groups excluding carboxylic acids is 2. The Bertz CT molecular complexity index is 1230. The lowest BCUT2D eigenvalue weighted by Gasteiger charge is -2.38. The van der Waals surface area contributed by atoms with Gasteiger partial charge in [-0.25, -0.2) is 0 Å². The van der Waals surface area contributed by atoms with Gasteiger partial charge in [0.2, 0.25) is 5.91 Å². The Morgan fingerprint density at radius 2 is 1.59 bits per heavy atom. The van der Waals surface area contributed by atoms with E-state index in [9.17, 15) is 19.7 Å². The largest absolute Gasteiger partial charge is 0.378 e. The number of amides is 2. The van der Waals surface area contributed by atoms with E-state index in [0.29, 0.717) is 50.8 Å². The maximum Gasteiger partial charge on any atom is 0.270 e. The molecule has 0 unspecified atom stereocenters. The summed E-state index contributed by atoms with van der Waals surface area (Å²) in [6.45, 7) is 10.8. The fourth-order valence-electron chi connectivity index (χ4n) is 4.63. The van der Waals surface area contributed by atoms with Crippen LogP contribution in [0.25, 0.3) is 0 Å². The Morgan fingerprint density at radius 3 is 2.18 bits per heavy atom. The fraction of sp³-hybridized carbons (Fsp3) is 0.444. The number of ether oxygens (including phenoxy) is 1. The molecule has 39 heavy (non-hydrogen) atoms. The number of non-ortho nitro benzene ring substituents is 1. The summed E-state index contributed by atoms with van der Waals surface area (Å²) < 4.78 is 5.39. The highest BCUT2D eigenvalue weighted by atomic mass is 32.1. The lowest BCUT2D eigenvalue weighted by atomic mass is 9.94. The molecule has 11 nitrogen and oxygen atoms in total. The molecule has 0 radical (unpaired) electrons. The molecule has 0 bridgehead atoms. The van der Waals surface area contributed by atoms with Gasteiger partial charge < -0.3 is 24.8 Å². The standard InChI is InChI=1S/C27H34N6O5S/c1-27(2,3)25(35)32-12-10-30(11-13-32)20-6-4-19(5-7-20)28-26(39)29-24(34)22-18-21(33(36)37)8-9-23(22)31-14-16-38-17-15-31/h4-9,18H,10-17H2,1-3H3,(H2,28,29,34,39). The van der Waals surface area contributed by atoms with Crippen LogP contribution >= 0.6 is 12.2 Å². The molecule has 2 amide bonds. The highest BCUT2D eigenvalue weighted by molar-refractivity contribution is 7.80. The first-order valence-corrected chi connectivity index (χ1v) is 13.3. The number of piperazine rings is 1. The van der Waals surface area contributed by atoms with Crippen LogP contribution in [0.2, 0.25) is 0 Å². The van der Waals surface area contributed by atoms with Crippen LogP contribution < -0.4 is 20.4 Å². The number of hydrogen-bond acceptors (Lipinski definition) is 8. The maximum absolute atomic E-state index is 13.1. The molecule has 0 spiro atoms. The highest BCUT2D eigenvalue weighted by Crippen LogP contribution is 2.27. The molecule has 2 aromatic rings. The summed E-state index contributed by atoms with van der Waals surface area (Å²) in [4.78, 5) is 42.6. The fourth-order valence-corrected chi connectivity index (χ4v) is 4.84. The average molecular weight is 555 g/mol. The van der Waals surface area contributed by atoms with Crippen molar-refractivity contribution in [1.82, 2.24) is 10.2 Å². The number of benzene rings is 2. The Balaban J connectivity index is 1.36. The number of anilines is 3.